The van der Waals surface area contributed by atoms with E-state index >= 15 is 0 Å². The van der Waals surface area contributed by atoms with E-state index in [0.717, 1.165) is 57.8 Å². The van der Waals surface area contributed by atoms with Crippen LogP contribution in [0.3, 0.4) is 0 Å². The number of hydrogen-bond donors (Lipinski definition) is 2. The molecule has 2 N–H and O–H groups in total. The first-order valence-corrected chi connectivity index (χ1v) is 17.5. The van der Waals surface area contributed by atoms with Crippen molar-refractivity contribution in [2.75, 3.05) is 0 Å². The molecule has 4 aliphatic carbocycles. The summed E-state index contributed by atoms with van der Waals surface area (Å²) in [5.41, 5.74) is 0.778. The molecule has 1 aromatic rings. The first-order valence-electron chi connectivity index (χ1n) is 16.0. The van der Waals surface area contributed by atoms with Crippen LogP contribution in [0.5, 0.6) is 0 Å². The van der Waals surface area contributed by atoms with Crippen molar-refractivity contribution in [2.45, 2.75) is 126 Å². The summed E-state index contributed by atoms with van der Waals surface area (Å²) in [6.07, 6.45) is 2.40. The van der Waals surface area contributed by atoms with Crippen LogP contribution < -0.4 is 0 Å². The number of fused-ring (bicyclic) bond motifs is 5. The van der Waals surface area contributed by atoms with E-state index in [1.807, 2.05) is 6.92 Å². The Hall–Kier alpha value is -1.38. The second-order valence-electron chi connectivity index (χ2n) is 14.7. The number of halogens is 3. The molecule has 3 saturated carbocycles. The van der Waals surface area contributed by atoms with Crippen LogP contribution in [0.4, 0.5) is 13.2 Å². The highest BCUT2D eigenvalue weighted by molar-refractivity contribution is 7.92. The largest absolute Gasteiger partial charge is 0.393 e. The molecule has 5 rings (SSSR count). The Labute approximate surface area is 250 Å². The number of benzene rings is 1. The fraction of sp³-hybridized carbons (Fsp3) is 0.765. The Morgan fingerprint density at radius 1 is 1.02 bits per heavy atom. The molecule has 0 aliphatic heterocycles. The van der Waals surface area contributed by atoms with Crippen LogP contribution in [-0.2, 0) is 9.84 Å². The van der Waals surface area contributed by atoms with E-state index < -0.39 is 51.7 Å². The summed E-state index contributed by atoms with van der Waals surface area (Å²) in [6.45, 7) is 8.67. The molecule has 10 atom stereocenters. The van der Waals surface area contributed by atoms with Crippen molar-refractivity contribution in [3.8, 4) is 0 Å². The van der Waals surface area contributed by atoms with Gasteiger partial charge in [0.15, 0.2) is 9.84 Å². The molecule has 0 saturated heterocycles. The molecule has 0 spiro atoms. The first kappa shape index (κ1) is 32.0. The van der Waals surface area contributed by atoms with E-state index in [1.165, 1.54) is 17.7 Å². The van der Waals surface area contributed by atoms with Gasteiger partial charge in [-0.05, 0) is 117 Å². The molecule has 236 valence electrons. The van der Waals surface area contributed by atoms with Gasteiger partial charge in [-0.2, -0.15) is 13.2 Å². The minimum atomic E-state index is -4.57. The molecule has 3 unspecified atom stereocenters. The highest BCUT2D eigenvalue weighted by Gasteiger charge is 2.61. The minimum Gasteiger partial charge on any atom is -0.393 e. The topological polar surface area (TPSA) is 74.6 Å². The SMILES string of the molecule is CC[C@]1(O)CCC2(C)C(=CC[C@@H]3[C@@H]2CC[C@]2(C)[C@@H]([C@H](C)C(CC(O)CC(F)(F)F)S(=O)(=O)c4ccccc4)CC[C@@H]32)C1. The molecule has 3 fully saturated rings. The summed E-state index contributed by atoms with van der Waals surface area (Å²) < 4.78 is 67.6. The van der Waals surface area contributed by atoms with Crippen molar-refractivity contribution in [1.82, 2.24) is 0 Å². The lowest BCUT2D eigenvalue weighted by molar-refractivity contribution is -0.154. The monoisotopic (exact) mass is 610 g/mol. The van der Waals surface area contributed by atoms with Crippen molar-refractivity contribution in [3.05, 3.63) is 42.0 Å². The third kappa shape index (κ3) is 5.62. The van der Waals surface area contributed by atoms with E-state index in [0.29, 0.717) is 17.8 Å². The molecule has 0 amide bonds. The number of alkyl halides is 3. The zero-order valence-electron chi connectivity index (χ0n) is 25.5. The fourth-order valence-corrected chi connectivity index (χ4v) is 12.3. The zero-order chi connectivity index (χ0) is 30.7. The predicted octanol–water partition coefficient (Wildman–Crippen LogP) is 7.89. The van der Waals surface area contributed by atoms with Gasteiger partial charge < -0.3 is 10.2 Å². The van der Waals surface area contributed by atoms with Gasteiger partial charge in [0.05, 0.1) is 28.3 Å². The quantitative estimate of drug-likeness (QED) is 0.294. The highest BCUT2D eigenvalue weighted by Crippen LogP contribution is 2.68. The van der Waals surface area contributed by atoms with Gasteiger partial charge in [0, 0.05) is 0 Å². The van der Waals surface area contributed by atoms with Crippen LogP contribution in [0, 0.1) is 40.4 Å². The van der Waals surface area contributed by atoms with E-state index in [1.54, 1.807) is 18.2 Å². The van der Waals surface area contributed by atoms with Gasteiger partial charge in [0.25, 0.3) is 0 Å². The van der Waals surface area contributed by atoms with Gasteiger partial charge in [-0.25, -0.2) is 8.42 Å². The van der Waals surface area contributed by atoms with E-state index in [2.05, 4.69) is 26.8 Å². The molecule has 42 heavy (non-hydrogen) atoms. The summed E-state index contributed by atoms with van der Waals surface area (Å²) in [5.74, 6) is 1.08. The van der Waals surface area contributed by atoms with E-state index in [-0.39, 0.29) is 21.6 Å². The minimum absolute atomic E-state index is 0.0414. The maximum atomic E-state index is 14.0. The van der Waals surface area contributed by atoms with E-state index in [9.17, 15) is 31.8 Å². The zero-order valence-corrected chi connectivity index (χ0v) is 26.4. The maximum Gasteiger partial charge on any atom is 0.391 e. The summed E-state index contributed by atoms with van der Waals surface area (Å²) in [4.78, 5) is 0.103. The number of aliphatic hydroxyl groups excluding tert-OH is 1. The summed E-state index contributed by atoms with van der Waals surface area (Å²) >= 11 is 0. The van der Waals surface area contributed by atoms with Crippen LogP contribution in [0.15, 0.2) is 46.9 Å². The number of rotatable bonds is 8. The van der Waals surface area contributed by atoms with E-state index in [4.69, 9.17) is 0 Å². The van der Waals surface area contributed by atoms with Crippen LogP contribution >= 0.6 is 0 Å². The van der Waals surface area contributed by atoms with Crippen molar-refractivity contribution >= 4 is 9.84 Å². The molecular formula is C34H49F3O4S. The van der Waals surface area contributed by atoms with Crippen LogP contribution in [-0.4, -0.2) is 41.8 Å². The lowest BCUT2D eigenvalue weighted by Gasteiger charge is -2.59. The van der Waals surface area contributed by atoms with Gasteiger partial charge in [-0.3, -0.25) is 0 Å². The van der Waals surface area contributed by atoms with Gasteiger partial charge in [0.1, 0.15) is 0 Å². The standard InChI is InChI=1S/C34H49F3O4S/c1-5-33(39)18-17-31(3)23(20-33)11-12-26-28-14-13-27(32(28,4)16-15-29(26)31)22(2)30(19-24(38)21-34(35,36)37)42(40,41)25-9-7-6-8-10-25/h6-11,22,24,26-30,38-39H,5,12-21H2,1-4H3/t22-,24?,26-,27+,28-,29-,30?,31?,32+,33-/m0/s1. The second kappa shape index (κ2) is 11.2. The number of aliphatic hydroxyl groups is 2. The number of hydrogen-bond acceptors (Lipinski definition) is 4. The average Bonchev–Trinajstić information content (AvgIpc) is 3.28. The molecule has 0 heterocycles. The Morgan fingerprint density at radius 3 is 2.36 bits per heavy atom. The smallest absolute Gasteiger partial charge is 0.391 e. The van der Waals surface area contributed by atoms with Crippen LogP contribution in [0.25, 0.3) is 0 Å². The Morgan fingerprint density at radius 2 is 1.71 bits per heavy atom. The van der Waals surface area contributed by atoms with Gasteiger partial charge in [-0.15, -0.1) is 0 Å². The lowest BCUT2D eigenvalue weighted by atomic mass is 9.46. The molecule has 0 radical (unpaired) electrons. The molecular weight excluding hydrogens is 561 g/mol. The van der Waals surface area contributed by atoms with Crippen LogP contribution in [0.2, 0.25) is 0 Å². The van der Waals surface area contributed by atoms with Crippen molar-refractivity contribution < 1.29 is 31.8 Å². The van der Waals surface area contributed by atoms with Crippen molar-refractivity contribution in [2.24, 2.45) is 40.4 Å². The molecule has 0 bridgehead atoms. The maximum absolute atomic E-state index is 14.0. The Balaban J connectivity index is 1.43. The summed E-state index contributed by atoms with van der Waals surface area (Å²) in [5, 5.41) is 20.5. The molecule has 4 aliphatic rings. The third-order valence-electron chi connectivity index (χ3n) is 12.6. The second-order valence-corrected chi connectivity index (χ2v) is 16.9. The van der Waals surface area contributed by atoms with Gasteiger partial charge in [0.2, 0.25) is 0 Å². The number of sulfone groups is 1. The molecule has 4 nitrogen and oxygen atoms in total. The lowest BCUT2D eigenvalue weighted by Crippen LogP contribution is -2.53. The Bertz CT molecular complexity index is 1260. The normalized spacial score (nSPS) is 38.9. The third-order valence-corrected chi connectivity index (χ3v) is 15.0. The van der Waals surface area contributed by atoms with Crippen LogP contribution in [0.1, 0.15) is 98.3 Å². The predicted molar refractivity (Wildman–Crippen MR) is 158 cm³/mol. The fourth-order valence-electron chi connectivity index (χ4n) is 10.2. The van der Waals surface area contributed by atoms with Crippen molar-refractivity contribution in [1.29, 1.82) is 0 Å². The number of allylic oxidation sites excluding steroid dienone is 1. The highest BCUT2D eigenvalue weighted by atomic mass is 32.2. The summed E-state index contributed by atoms with van der Waals surface area (Å²) in [6, 6.07) is 7.99. The van der Waals surface area contributed by atoms with Gasteiger partial charge >= 0.3 is 6.18 Å². The van der Waals surface area contributed by atoms with Gasteiger partial charge in [-0.1, -0.05) is 57.5 Å². The first-order chi connectivity index (χ1) is 19.5. The molecule has 0 aromatic heterocycles. The molecule has 1 aromatic carbocycles. The Kier molecular flexibility index (Phi) is 8.54. The summed E-state index contributed by atoms with van der Waals surface area (Å²) in [7, 11) is -3.98. The molecule has 8 heteroatoms. The van der Waals surface area contributed by atoms with Crippen molar-refractivity contribution in [3.63, 3.8) is 0 Å². The average molecular weight is 611 g/mol.